The van der Waals surface area contributed by atoms with Gasteiger partial charge in [0.25, 0.3) is 5.56 Å². The highest BCUT2D eigenvalue weighted by Gasteiger charge is 2.18. The summed E-state index contributed by atoms with van der Waals surface area (Å²) < 4.78 is 13.0. The molecular formula is C20H22FN5O. The monoisotopic (exact) mass is 367 g/mol. The molecule has 140 valence electrons. The summed E-state index contributed by atoms with van der Waals surface area (Å²) >= 11 is 0. The number of piperazine rings is 1. The molecule has 7 heteroatoms. The van der Waals surface area contributed by atoms with E-state index >= 15 is 0 Å². The minimum atomic E-state index is -0.315. The molecule has 3 aromatic heterocycles. The molecule has 1 aliphatic heterocycles. The van der Waals surface area contributed by atoms with Crippen LogP contribution < -0.4 is 10.5 Å². The summed E-state index contributed by atoms with van der Waals surface area (Å²) in [6.45, 7) is 6.22. The van der Waals surface area contributed by atoms with Crippen LogP contribution in [0, 0.1) is 5.82 Å². The topological polar surface area (TPSA) is 65.1 Å². The summed E-state index contributed by atoms with van der Waals surface area (Å²) in [6, 6.07) is 7.04. The lowest BCUT2D eigenvalue weighted by Gasteiger charge is -2.35. The van der Waals surface area contributed by atoms with Crippen molar-refractivity contribution in [1.82, 2.24) is 19.9 Å². The van der Waals surface area contributed by atoms with Gasteiger partial charge in [-0.15, -0.1) is 0 Å². The smallest absolute Gasteiger partial charge is 0.251 e. The van der Waals surface area contributed by atoms with Gasteiger partial charge in [0.2, 0.25) is 0 Å². The van der Waals surface area contributed by atoms with Crippen molar-refractivity contribution in [2.75, 3.05) is 31.1 Å². The number of fused-ring (bicyclic) bond motifs is 1. The zero-order chi connectivity index (χ0) is 18.8. The SMILES string of the molecule is CCc1cc2ncc(CN3CCN(c4ccc(F)cn4)CC3)cc2[nH]c1=O. The second kappa shape index (κ2) is 7.44. The summed E-state index contributed by atoms with van der Waals surface area (Å²) in [4.78, 5) is 28.1. The third-order valence-electron chi connectivity index (χ3n) is 5.02. The van der Waals surface area contributed by atoms with Gasteiger partial charge in [-0.2, -0.15) is 0 Å². The Morgan fingerprint density at radius 3 is 2.63 bits per heavy atom. The van der Waals surface area contributed by atoms with E-state index in [-0.39, 0.29) is 11.4 Å². The number of rotatable bonds is 4. The van der Waals surface area contributed by atoms with Crippen LogP contribution in [0.1, 0.15) is 18.1 Å². The predicted molar refractivity (Wildman–Crippen MR) is 103 cm³/mol. The molecule has 0 unspecified atom stereocenters. The maximum absolute atomic E-state index is 13.0. The highest BCUT2D eigenvalue weighted by Crippen LogP contribution is 2.16. The zero-order valence-electron chi connectivity index (χ0n) is 15.3. The van der Waals surface area contributed by atoms with Gasteiger partial charge in [-0.3, -0.25) is 14.7 Å². The van der Waals surface area contributed by atoms with Crippen molar-refractivity contribution >= 4 is 16.9 Å². The largest absolute Gasteiger partial charge is 0.354 e. The summed E-state index contributed by atoms with van der Waals surface area (Å²) in [5, 5.41) is 0. The molecule has 0 saturated carbocycles. The fraction of sp³-hybridized carbons (Fsp3) is 0.350. The molecule has 6 nitrogen and oxygen atoms in total. The molecule has 4 heterocycles. The lowest BCUT2D eigenvalue weighted by Crippen LogP contribution is -2.46. The Kier molecular flexibility index (Phi) is 4.85. The van der Waals surface area contributed by atoms with Crippen molar-refractivity contribution in [3.05, 3.63) is 64.0 Å². The number of H-pyrrole nitrogens is 1. The minimum Gasteiger partial charge on any atom is -0.354 e. The first-order valence-electron chi connectivity index (χ1n) is 9.22. The number of pyridine rings is 3. The van der Waals surface area contributed by atoms with E-state index in [1.54, 1.807) is 6.07 Å². The van der Waals surface area contributed by atoms with E-state index in [1.807, 2.05) is 25.3 Å². The van der Waals surface area contributed by atoms with Gasteiger partial charge < -0.3 is 9.88 Å². The van der Waals surface area contributed by atoms with E-state index in [1.165, 1.54) is 12.3 Å². The molecule has 1 aliphatic rings. The van der Waals surface area contributed by atoms with Crippen LogP contribution in [0.25, 0.3) is 11.0 Å². The molecular weight excluding hydrogens is 345 g/mol. The summed E-state index contributed by atoms with van der Waals surface area (Å²) in [5.41, 5.74) is 3.40. The number of anilines is 1. The molecule has 0 spiro atoms. The van der Waals surface area contributed by atoms with Gasteiger partial charge in [0.05, 0.1) is 17.2 Å². The molecule has 1 saturated heterocycles. The molecule has 0 atom stereocenters. The summed E-state index contributed by atoms with van der Waals surface area (Å²) in [7, 11) is 0. The van der Waals surface area contributed by atoms with E-state index in [2.05, 4.69) is 24.8 Å². The van der Waals surface area contributed by atoms with Crippen LogP contribution in [0.5, 0.6) is 0 Å². The molecule has 1 fully saturated rings. The Balaban J connectivity index is 1.42. The highest BCUT2D eigenvalue weighted by molar-refractivity contribution is 5.74. The molecule has 3 aromatic rings. The second-order valence-corrected chi connectivity index (χ2v) is 6.85. The van der Waals surface area contributed by atoms with Crippen LogP contribution in [-0.4, -0.2) is 46.0 Å². The maximum Gasteiger partial charge on any atom is 0.251 e. The average Bonchev–Trinajstić information content (AvgIpc) is 2.69. The van der Waals surface area contributed by atoms with Crippen LogP contribution >= 0.6 is 0 Å². The first kappa shape index (κ1) is 17.6. The van der Waals surface area contributed by atoms with Crippen molar-refractivity contribution in [3.8, 4) is 0 Å². The molecule has 27 heavy (non-hydrogen) atoms. The molecule has 4 rings (SSSR count). The Hall–Kier alpha value is -2.80. The number of hydrogen-bond acceptors (Lipinski definition) is 5. The maximum atomic E-state index is 13.0. The molecule has 0 aromatic carbocycles. The van der Waals surface area contributed by atoms with Crippen molar-refractivity contribution < 1.29 is 4.39 Å². The first-order chi connectivity index (χ1) is 13.1. The summed E-state index contributed by atoms with van der Waals surface area (Å²) in [5.74, 6) is 0.498. The van der Waals surface area contributed by atoms with E-state index in [9.17, 15) is 9.18 Å². The van der Waals surface area contributed by atoms with E-state index < -0.39 is 0 Å². The molecule has 0 aliphatic carbocycles. The van der Waals surface area contributed by atoms with E-state index in [0.717, 1.165) is 60.7 Å². The van der Waals surface area contributed by atoms with Crippen LogP contribution in [-0.2, 0) is 13.0 Å². The quantitative estimate of drug-likeness (QED) is 0.767. The van der Waals surface area contributed by atoms with Crippen LogP contribution in [0.15, 0.2) is 41.5 Å². The number of aryl methyl sites for hydroxylation is 1. The Morgan fingerprint density at radius 1 is 1.11 bits per heavy atom. The highest BCUT2D eigenvalue weighted by atomic mass is 19.1. The van der Waals surface area contributed by atoms with Gasteiger partial charge in [-0.25, -0.2) is 9.37 Å². The fourth-order valence-corrected chi connectivity index (χ4v) is 3.46. The number of nitrogens with one attached hydrogen (secondary N) is 1. The first-order valence-corrected chi connectivity index (χ1v) is 9.22. The van der Waals surface area contributed by atoms with Crippen LogP contribution in [0.3, 0.4) is 0 Å². The zero-order valence-corrected chi connectivity index (χ0v) is 15.3. The lowest BCUT2D eigenvalue weighted by molar-refractivity contribution is 0.249. The normalized spacial score (nSPS) is 15.4. The van der Waals surface area contributed by atoms with Gasteiger partial charge in [-0.05, 0) is 36.2 Å². The number of nitrogens with zero attached hydrogens (tertiary/aromatic N) is 4. The van der Waals surface area contributed by atoms with Crippen molar-refractivity contribution in [2.45, 2.75) is 19.9 Å². The van der Waals surface area contributed by atoms with Crippen LogP contribution in [0.4, 0.5) is 10.2 Å². The number of halogens is 1. The minimum absolute atomic E-state index is 0.0376. The Bertz CT molecular complexity index is 993. The van der Waals surface area contributed by atoms with Gasteiger partial charge >= 0.3 is 0 Å². The van der Waals surface area contributed by atoms with Gasteiger partial charge in [-0.1, -0.05) is 6.92 Å². The molecule has 0 amide bonds. The average molecular weight is 367 g/mol. The standard InChI is InChI=1S/C20H22FN5O/c1-2-15-10-17-18(24-20(15)27)9-14(11-22-17)13-25-5-7-26(8-6-25)19-4-3-16(21)12-23-19/h3-4,9-12H,2,5-8,13H2,1H3,(H,24,27). The number of aromatic amines is 1. The van der Waals surface area contributed by atoms with E-state index in [0.29, 0.717) is 6.42 Å². The lowest BCUT2D eigenvalue weighted by atomic mass is 10.1. The van der Waals surface area contributed by atoms with Crippen LogP contribution in [0.2, 0.25) is 0 Å². The number of aromatic nitrogens is 3. The summed E-state index contributed by atoms with van der Waals surface area (Å²) in [6.07, 6.45) is 3.84. The van der Waals surface area contributed by atoms with Crippen molar-refractivity contribution in [3.63, 3.8) is 0 Å². The van der Waals surface area contributed by atoms with Gasteiger partial charge in [0, 0.05) is 44.5 Å². The predicted octanol–water partition coefficient (Wildman–Crippen LogP) is 2.34. The Morgan fingerprint density at radius 2 is 1.93 bits per heavy atom. The molecule has 0 radical (unpaired) electrons. The van der Waals surface area contributed by atoms with E-state index in [4.69, 9.17) is 0 Å². The van der Waals surface area contributed by atoms with Crippen molar-refractivity contribution in [1.29, 1.82) is 0 Å². The van der Waals surface area contributed by atoms with Gasteiger partial charge in [0.15, 0.2) is 0 Å². The fourth-order valence-electron chi connectivity index (χ4n) is 3.46. The number of hydrogen-bond donors (Lipinski definition) is 1. The second-order valence-electron chi connectivity index (χ2n) is 6.85. The molecule has 1 N–H and O–H groups in total. The third kappa shape index (κ3) is 3.83. The third-order valence-corrected chi connectivity index (χ3v) is 5.02. The Labute approximate surface area is 156 Å². The van der Waals surface area contributed by atoms with Crippen molar-refractivity contribution in [2.24, 2.45) is 0 Å². The molecule has 0 bridgehead atoms. The van der Waals surface area contributed by atoms with Gasteiger partial charge in [0.1, 0.15) is 11.6 Å².